The molecule has 0 spiro atoms. The fourth-order valence-corrected chi connectivity index (χ4v) is 5.18. The number of methoxy groups -OCH3 is 1. The summed E-state index contributed by atoms with van der Waals surface area (Å²) in [7, 11) is 1.65. The Morgan fingerprint density at radius 3 is 2.78 bits per heavy atom. The number of hydrogen-bond acceptors (Lipinski definition) is 6. The fourth-order valence-electron chi connectivity index (χ4n) is 4.26. The Bertz CT molecular complexity index is 1160. The minimum Gasteiger partial charge on any atom is -0.492 e. The van der Waals surface area contributed by atoms with E-state index in [0.29, 0.717) is 23.9 Å². The Hall–Kier alpha value is -2.32. The molecule has 1 aromatic carbocycles. The second-order valence-corrected chi connectivity index (χ2v) is 8.29. The molecule has 3 N–H and O–H groups in total. The van der Waals surface area contributed by atoms with Crippen molar-refractivity contribution in [3.63, 3.8) is 0 Å². The largest absolute Gasteiger partial charge is 0.492 e. The van der Waals surface area contributed by atoms with Gasteiger partial charge in [0.2, 0.25) is 5.43 Å². The number of benzene rings is 1. The molecule has 2 aliphatic rings. The van der Waals surface area contributed by atoms with Crippen LogP contribution < -0.4 is 26.4 Å². The number of aromatic nitrogens is 2. The van der Waals surface area contributed by atoms with Crippen LogP contribution in [0.2, 0.25) is 0 Å². The third kappa shape index (κ3) is 2.43. The normalized spacial score (nSPS) is 20.1. The van der Waals surface area contributed by atoms with Crippen molar-refractivity contribution in [2.24, 2.45) is 11.7 Å². The number of anilines is 1. The highest BCUT2D eigenvalue weighted by Gasteiger charge is 2.32. The van der Waals surface area contributed by atoms with Gasteiger partial charge in [-0.1, -0.05) is 0 Å². The second kappa shape index (κ2) is 6.10. The molecule has 0 bridgehead atoms. The number of rotatable bonds is 4. The van der Waals surface area contributed by atoms with Gasteiger partial charge in [-0.2, -0.15) is 0 Å². The van der Waals surface area contributed by atoms with Gasteiger partial charge in [-0.3, -0.25) is 14.0 Å². The van der Waals surface area contributed by atoms with Gasteiger partial charge in [-0.15, -0.1) is 0 Å². The summed E-state index contributed by atoms with van der Waals surface area (Å²) in [6, 6.07) is 4.10. The molecule has 3 heterocycles. The van der Waals surface area contributed by atoms with E-state index in [1.165, 1.54) is 11.5 Å². The number of pyridine rings is 1. The molecule has 1 saturated carbocycles. The molecule has 1 atom stereocenters. The molecule has 0 amide bonds. The van der Waals surface area contributed by atoms with Gasteiger partial charge >= 0.3 is 0 Å². The van der Waals surface area contributed by atoms with Crippen molar-refractivity contribution in [3.05, 3.63) is 32.7 Å². The highest BCUT2D eigenvalue weighted by Crippen LogP contribution is 2.45. The molecule has 2 fully saturated rings. The van der Waals surface area contributed by atoms with Gasteiger partial charge in [-0.25, -0.2) is 0 Å². The van der Waals surface area contributed by atoms with E-state index in [0.717, 1.165) is 54.1 Å². The lowest BCUT2D eigenvalue weighted by Crippen LogP contribution is -2.23. The number of H-pyrrole nitrogens is 1. The van der Waals surface area contributed by atoms with Crippen molar-refractivity contribution in [2.45, 2.75) is 25.3 Å². The molecule has 27 heavy (non-hydrogen) atoms. The van der Waals surface area contributed by atoms with E-state index in [-0.39, 0.29) is 16.4 Å². The standard InChI is InChI=1S/C19H22N4O3S/c1-26-17-13(22-7-6-10(8-20)9-22)5-4-12-15(17)23(11-2-3-11)19-14(16(12)24)18(25)21-27-19/h4-5,10-11H,2-3,6-9,20H2,1H3,(H,21,25)/t10-/m1/s1. The third-order valence-corrected chi connectivity index (χ3v) is 6.68. The van der Waals surface area contributed by atoms with Crippen LogP contribution in [-0.2, 0) is 0 Å². The van der Waals surface area contributed by atoms with Crippen molar-refractivity contribution < 1.29 is 4.74 Å². The summed E-state index contributed by atoms with van der Waals surface area (Å²) >= 11 is 1.24. The van der Waals surface area contributed by atoms with Crippen LogP contribution in [0.15, 0.2) is 21.7 Å². The monoisotopic (exact) mass is 386 g/mol. The number of nitrogens with one attached hydrogen (secondary N) is 1. The zero-order valence-corrected chi connectivity index (χ0v) is 16.0. The van der Waals surface area contributed by atoms with Gasteiger partial charge < -0.3 is 19.9 Å². The second-order valence-electron chi connectivity index (χ2n) is 7.49. The summed E-state index contributed by atoms with van der Waals surface area (Å²) in [4.78, 5) is 28.3. The Balaban J connectivity index is 1.84. The van der Waals surface area contributed by atoms with Gasteiger partial charge in [-0.05, 0) is 55.4 Å². The first-order chi connectivity index (χ1) is 13.1. The molecule has 1 saturated heterocycles. The summed E-state index contributed by atoms with van der Waals surface area (Å²) < 4.78 is 10.7. The molecule has 3 aromatic rings. The van der Waals surface area contributed by atoms with E-state index >= 15 is 0 Å². The molecule has 2 aromatic heterocycles. The quantitative estimate of drug-likeness (QED) is 0.716. The lowest BCUT2D eigenvalue weighted by atomic mass is 10.1. The smallest absolute Gasteiger partial charge is 0.271 e. The highest BCUT2D eigenvalue weighted by molar-refractivity contribution is 7.12. The summed E-state index contributed by atoms with van der Waals surface area (Å²) in [5, 5.41) is 0.812. The Morgan fingerprint density at radius 2 is 2.11 bits per heavy atom. The fraction of sp³-hybridized carbons (Fsp3) is 0.474. The third-order valence-electron chi connectivity index (χ3n) is 5.80. The molecule has 8 heteroatoms. The number of nitrogens with two attached hydrogens (primary N) is 1. The highest BCUT2D eigenvalue weighted by atomic mass is 32.1. The van der Waals surface area contributed by atoms with Crippen molar-refractivity contribution in [2.75, 3.05) is 31.6 Å². The van der Waals surface area contributed by atoms with Crippen LogP contribution >= 0.6 is 11.5 Å². The zero-order valence-electron chi connectivity index (χ0n) is 15.2. The molecule has 0 radical (unpaired) electrons. The molecule has 142 valence electrons. The van der Waals surface area contributed by atoms with Crippen LogP contribution in [0.25, 0.3) is 21.1 Å². The molecule has 0 unspecified atom stereocenters. The van der Waals surface area contributed by atoms with E-state index in [2.05, 4.69) is 13.8 Å². The number of hydrogen-bond donors (Lipinski definition) is 2. The molecular weight excluding hydrogens is 364 g/mol. The predicted octanol–water partition coefficient (Wildman–Crippen LogP) is 2.03. The first-order valence-corrected chi connectivity index (χ1v) is 10.2. The lowest BCUT2D eigenvalue weighted by molar-refractivity contribution is 0.417. The Labute approximate surface area is 159 Å². The predicted molar refractivity (Wildman–Crippen MR) is 108 cm³/mol. The summed E-state index contributed by atoms with van der Waals surface area (Å²) in [5.41, 5.74) is 7.14. The van der Waals surface area contributed by atoms with E-state index in [1.807, 2.05) is 12.1 Å². The van der Waals surface area contributed by atoms with Crippen molar-refractivity contribution >= 4 is 38.3 Å². The number of fused-ring (bicyclic) bond motifs is 2. The SMILES string of the molecule is COc1c(N2CC[C@H](CN)C2)ccc2c(=O)c3c(=O)[nH]sc3n(C3CC3)c12. The van der Waals surface area contributed by atoms with Gasteiger partial charge in [0.1, 0.15) is 10.2 Å². The van der Waals surface area contributed by atoms with Crippen LogP contribution in [0.3, 0.4) is 0 Å². The van der Waals surface area contributed by atoms with E-state index < -0.39 is 0 Å². The minimum atomic E-state index is -0.301. The van der Waals surface area contributed by atoms with E-state index in [9.17, 15) is 9.59 Å². The van der Waals surface area contributed by atoms with Gasteiger partial charge in [0.05, 0.1) is 23.7 Å². The molecular formula is C19H22N4O3S. The van der Waals surface area contributed by atoms with Crippen molar-refractivity contribution in [1.29, 1.82) is 0 Å². The van der Waals surface area contributed by atoms with Gasteiger partial charge in [0, 0.05) is 19.1 Å². The number of nitrogens with zero attached hydrogens (tertiary/aromatic N) is 2. The van der Waals surface area contributed by atoms with Crippen LogP contribution in [0.5, 0.6) is 5.75 Å². The van der Waals surface area contributed by atoms with Crippen LogP contribution in [0, 0.1) is 5.92 Å². The zero-order chi connectivity index (χ0) is 18.7. The van der Waals surface area contributed by atoms with Gasteiger partial charge in [0.25, 0.3) is 5.56 Å². The van der Waals surface area contributed by atoms with Gasteiger partial charge in [0.15, 0.2) is 5.75 Å². The van der Waals surface area contributed by atoms with Crippen LogP contribution in [0.4, 0.5) is 5.69 Å². The van der Waals surface area contributed by atoms with Crippen LogP contribution in [0.1, 0.15) is 25.3 Å². The summed E-state index contributed by atoms with van der Waals surface area (Å²) in [6.45, 7) is 2.50. The molecule has 1 aliphatic heterocycles. The topological polar surface area (TPSA) is 93.3 Å². The van der Waals surface area contributed by atoms with E-state index in [1.54, 1.807) is 7.11 Å². The first kappa shape index (κ1) is 16.8. The Morgan fingerprint density at radius 1 is 1.30 bits per heavy atom. The number of ether oxygens (including phenoxy) is 1. The van der Waals surface area contributed by atoms with Crippen molar-refractivity contribution in [1.82, 2.24) is 8.94 Å². The molecule has 1 aliphatic carbocycles. The van der Waals surface area contributed by atoms with Crippen LogP contribution in [-0.4, -0.2) is 35.7 Å². The maximum absolute atomic E-state index is 13.1. The maximum Gasteiger partial charge on any atom is 0.271 e. The maximum atomic E-state index is 13.1. The number of aromatic amines is 1. The first-order valence-electron chi connectivity index (χ1n) is 9.35. The van der Waals surface area contributed by atoms with Crippen molar-refractivity contribution in [3.8, 4) is 5.75 Å². The lowest BCUT2D eigenvalue weighted by Gasteiger charge is -2.24. The van der Waals surface area contributed by atoms with E-state index in [4.69, 9.17) is 10.5 Å². The molecule has 5 rings (SSSR count). The molecule has 7 nitrogen and oxygen atoms in total. The average molecular weight is 386 g/mol. The minimum absolute atomic E-state index is 0.217. The summed E-state index contributed by atoms with van der Waals surface area (Å²) in [6.07, 6.45) is 3.16. The summed E-state index contributed by atoms with van der Waals surface area (Å²) in [5.74, 6) is 1.20. The average Bonchev–Trinajstić information content (AvgIpc) is 3.27. The Kier molecular flexibility index (Phi) is 3.80.